The van der Waals surface area contributed by atoms with Crippen LogP contribution in [0, 0.1) is 5.82 Å². The maximum atomic E-state index is 13.2. The number of likely N-dealkylation sites (tertiary alicyclic amines) is 1. The zero-order valence-electron chi connectivity index (χ0n) is 10.4. The Labute approximate surface area is 118 Å². The quantitative estimate of drug-likeness (QED) is 0.726. The van der Waals surface area contributed by atoms with Gasteiger partial charge in [0.2, 0.25) is 0 Å². The lowest BCUT2D eigenvalue weighted by atomic mass is 10.2. The maximum absolute atomic E-state index is 13.2. The molecular formula is C13H13FN2O3S. The zero-order valence-corrected chi connectivity index (χ0v) is 11.2. The van der Waals surface area contributed by atoms with Gasteiger partial charge in [-0.2, -0.15) is 0 Å². The number of benzene rings is 1. The number of rotatable bonds is 1. The molecule has 1 aromatic heterocycles. The average Bonchev–Trinajstić information content (AvgIpc) is 2.91. The van der Waals surface area contributed by atoms with Crippen molar-refractivity contribution in [1.29, 1.82) is 0 Å². The van der Waals surface area contributed by atoms with E-state index >= 15 is 0 Å². The molecule has 7 heteroatoms. The van der Waals surface area contributed by atoms with Gasteiger partial charge in [-0.3, -0.25) is 4.79 Å². The monoisotopic (exact) mass is 296 g/mol. The van der Waals surface area contributed by atoms with Crippen molar-refractivity contribution < 1.29 is 19.4 Å². The maximum Gasteiger partial charge on any atom is 0.266 e. The summed E-state index contributed by atoms with van der Waals surface area (Å²) in [5.74, 6) is -0.757. The van der Waals surface area contributed by atoms with Crippen LogP contribution in [0.1, 0.15) is 9.67 Å². The summed E-state index contributed by atoms with van der Waals surface area (Å²) >= 11 is 1.18. The summed E-state index contributed by atoms with van der Waals surface area (Å²) in [6.45, 7) is 0.143. The molecule has 1 fully saturated rings. The Balaban J connectivity index is 1.98. The van der Waals surface area contributed by atoms with Crippen LogP contribution in [0.3, 0.4) is 0 Å². The fourth-order valence-electron chi connectivity index (χ4n) is 2.33. The summed E-state index contributed by atoms with van der Waals surface area (Å²) in [5, 5.41) is 19.5. The number of hydrogen-bond donors (Lipinski definition) is 3. The summed E-state index contributed by atoms with van der Waals surface area (Å²) in [7, 11) is 0. The predicted molar refractivity (Wildman–Crippen MR) is 74.1 cm³/mol. The molecule has 4 N–H and O–H groups in total. The molecule has 0 spiro atoms. The molecule has 2 atom stereocenters. The number of halogens is 1. The highest BCUT2D eigenvalue weighted by Gasteiger charge is 2.34. The second-order valence-corrected chi connectivity index (χ2v) is 5.88. The molecule has 1 aliphatic heterocycles. The molecular weight excluding hydrogens is 283 g/mol. The summed E-state index contributed by atoms with van der Waals surface area (Å²) < 4.78 is 13.9. The zero-order chi connectivity index (χ0) is 14.4. The molecule has 1 saturated heterocycles. The van der Waals surface area contributed by atoms with Gasteiger partial charge in [0.1, 0.15) is 10.7 Å². The first-order chi connectivity index (χ1) is 9.47. The third kappa shape index (κ3) is 2.04. The van der Waals surface area contributed by atoms with Gasteiger partial charge in [0, 0.05) is 23.2 Å². The lowest BCUT2D eigenvalue weighted by Gasteiger charge is -2.14. The van der Waals surface area contributed by atoms with Crippen molar-refractivity contribution in [3.05, 3.63) is 28.9 Å². The van der Waals surface area contributed by atoms with Gasteiger partial charge in [-0.05, 0) is 18.2 Å². The number of carbonyl (C=O) groups excluding carboxylic acids is 1. The molecule has 2 unspecified atom stereocenters. The smallest absolute Gasteiger partial charge is 0.266 e. The van der Waals surface area contributed by atoms with E-state index in [-0.39, 0.29) is 24.7 Å². The first-order valence-electron chi connectivity index (χ1n) is 6.10. The van der Waals surface area contributed by atoms with E-state index in [1.807, 2.05) is 0 Å². The van der Waals surface area contributed by atoms with Crippen LogP contribution < -0.4 is 5.73 Å². The number of aliphatic hydroxyl groups excluding tert-OH is 2. The number of thiophene rings is 1. The highest BCUT2D eigenvalue weighted by molar-refractivity contribution is 7.21. The predicted octanol–water partition coefficient (Wildman–Crippen LogP) is 0.800. The molecule has 1 amide bonds. The van der Waals surface area contributed by atoms with E-state index in [0.717, 1.165) is 4.70 Å². The van der Waals surface area contributed by atoms with Gasteiger partial charge in [-0.25, -0.2) is 4.39 Å². The van der Waals surface area contributed by atoms with Crippen molar-refractivity contribution in [2.24, 2.45) is 0 Å². The summed E-state index contributed by atoms with van der Waals surface area (Å²) in [4.78, 5) is 14.0. The Hall–Kier alpha value is -1.70. The largest absolute Gasteiger partial charge is 0.397 e. The number of nitrogens with two attached hydrogens (primary N) is 1. The third-order valence-electron chi connectivity index (χ3n) is 3.43. The summed E-state index contributed by atoms with van der Waals surface area (Å²) in [6.07, 6.45) is -1.88. The van der Waals surface area contributed by atoms with Gasteiger partial charge in [0.15, 0.2) is 0 Å². The minimum atomic E-state index is -0.938. The Morgan fingerprint density at radius 1 is 1.35 bits per heavy atom. The number of hydrogen-bond acceptors (Lipinski definition) is 5. The number of amides is 1. The van der Waals surface area contributed by atoms with E-state index in [2.05, 4.69) is 0 Å². The minimum Gasteiger partial charge on any atom is -0.397 e. The molecule has 20 heavy (non-hydrogen) atoms. The first-order valence-corrected chi connectivity index (χ1v) is 6.92. The number of aliphatic hydroxyl groups is 2. The van der Waals surface area contributed by atoms with Gasteiger partial charge in [-0.15, -0.1) is 11.3 Å². The van der Waals surface area contributed by atoms with Crippen LogP contribution in [-0.2, 0) is 0 Å². The molecule has 0 saturated carbocycles. The molecule has 2 aromatic rings. The topological polar surface area (TPSA) is 86.8 Å². The molecule has 2 heterocycles. The normalized spacial score (nSPS) is 22.6. The molecule has 106 valence electrons. The van der Waals surface area contributed by atoms with Crippen molar-refractivity contribution in [1.82, 2.24) is 4.90 Å². The lowest BCUT2D eigenvalue weighted by Crippen LogP contribution is -2.29. The van der Waals surface area contributed by atoms with Crippen molar-refractivity contribution in [3.8, 4) is 0 Å². The van der Waals surface area contributed by atoms with Gasteiger partial charge in [-0.1, -0.05) is 0 Å². The molecule has 0 radical (unpaired) electrons. The molecule has 1 aromatic carbocycles. The fraction of sp³-hybridized carbons (Fsp3) is 0.308. The van der Waals surface area contributed by atoms with Crippen molar-refractivity contribution in [2.45, 2.75) is 12.2 Å². The van der Waals surface area contributed by atoms with Crippen LogP contribution in [0.4, 0.5) is 10.1 Å². The number of nitrogens with zero attached hydrogens (tertiary/aromatic N) is 1. The van der Waals surface area contributed by atoms with Gasteiger partial charge in [0.25, 0.3) is 5.91 Å². The molecule has 0 bridgehead atoms. The lowest BCUT2D eigenvalue weighted by molar-refractivity contribution is 0.0572. The number of anilines is 1. The van der Waals surface area contributed by atoms with Crippen molar-refractivity contribution >= 4 is 33.0 Å². The summed E-state index contributed by atoms with van der Waals surface area (Å²) in [6, 6.07) is 4.19. The highest BCUT2D eigenvalue weighted by Crippen LogP contribution is 2.35. The number of β-amino-alcohol motifs (C(OH)–C–C–N with tert-alkyl or cyclic N) is 2. The Kier molecular flexibility index (Phi) is 3.12. The van der Waals surface area contributed by atoms with E-state index in [4.69, 9.17) is 5.73 Å². The van der Waals surface area contributed by atoms with E-state index in [1.165, 1.54) is 28.4 Å². The Morgan fingerprint density at radius 3 is 2.65 bits per heavy atom. The molecule has 3 rings (SSSR count). The van der Waals surface area contributed by atoms with Crippen LogP contribution in [0.25, 0.3) is 10.1 Å². The van der Waals surface area contributed by atoms with Crippen molar-refractivity contribution in [2.75, 3.05) is 18.8 Å². The van der Waals surface area contributed by atoms with Crippen molar-refractivity contribution in [3.63, 3.8) is 0 Å². The Bertz CT molecular complexity index is 678. The second-order valence-electron chi connectivity index (χ2n) is 4.83. The van der Waals surface area contributed by atoms with Gasteiger partial charge in [0.05, 0.1) is 17.9 Å². The second kappa shape index (κ2) is 4.69. The van der Waals surface area contributed by atoms with E-state index in [0.29, 0.717) is 10.3 Å². The molecule has 0 aliphatic carbocycles. The number of fused-ring (bicyclic) bond motifs is 1. The van der Waals surface area contributed by atoms with E-state index in [1.54, 1.807) is 6.07 Å². The van der Waals surface area contributed by atoms with Crippen LogP contribution in [0.5, 0.6) is 0 Å². The minimum absolute atomic E-state index is 0.0715. The standard InChI is InChI=1S/C13H13FN2O3S/c14-6-1-2-10-7(3-6)11(15)12(20-10)13(19)16-4-8(17)9(18)5-16/h1-3,8-9,17-18H,4-5,15H2. The third-order valence-corrected chi connectivity index (χ3v) is 4.60. The molecule has 5 nitrogen and oxygen atoms in total. The van der Waals surface area contributed by atoms with E-state index < -0.39 is 18.0 Å². The van der Waals surface area contributed by atoms with Crippen LogP contribution in [-0.4, -0.2) is 46.3 Å². The SMILES string of the molecule is Nc1c(C(=O)N2CC(O)C(O)C2)sc2ccc(F)cc12. The van der Waals surface area contributed by atoms with Crippen LogP contribution in [0.15, 0.2) is 18.2 Å². The molecule has 1 aliphatic rings. The summed E-state index contributed by atoms with van der Waals surface area (Å²) in [5.41, 5.74) is 6.16. The fourth-order valence-corrected chi connectivity index (χ4v) is 3.40. The Morgan fingerprint density at radius 2 is 2.00 bits per heavy atom. The first kappa shape index (κ1) is 13.3. The van der Waals surface area contributed by atoms with Gasteiger partial charge < -0.3 is 20.8 Å². The van der Waals surface area contributed by atoms with Crippen LogP contribution in [0.2, 0.25) is 0 Å². The number of carbonyl (C=O) groups is 1. The van der Waals surface area contributed by atoms with E-state index in [9.17, 15) is 19.4 Å². The van der Waals surface area contributed by atoms with Crippen LogP contribution >= 0.6 is 11.3 Å². The van der Waals surface area contributed by atoms with Gasteiger partial charge >= 0.3 is 0 Å². The average molecular weight is 296 g/mol. The highest BCUT2D eigenvalue weighted by atomic mass is 32.1. The number of nitrogen functional groups attached to an aromatic ring is 1.